The number of benzene rings is 1. The number of halogens is 6. The Morgan fingerprint density at radius 2 is 2.10 bits per heavy atom. The predicted octanol–water partition coefficient (Wildman–Crippen LogP) is 4.59. The topological polar surface area (TPSA) is 29.5 Å². The molecule has 0 aliphatic carbocycles. The monoisotopic (exact) mass is 405 g/mol. The summed E-state index contributed by atoms with van der Waals surface area (Å²) in [6, 6.07) is 2.53. The van der Waals surface area contributed by atoms with Crippen LogP contribution in [0.4, 0.5) is 18.9 Å². The number of ether oxygens (including phenoxy) is 1. The molecule has 0 N–H and O–H groups in total. The molecule has 1 unspecified atom stereocenters. The summed E-state index contributed by atoms with van der Waals surface area (Å²) in [5.74, 6) is -0.744. The summed E-state index contributed by atoms with van der Waals surface area (Å²) in [7, 11) is 0. The van der Waals surface area contributed by atoms with Crippen LogP contribution in [0.25, 0.3) is 0 Å². The minimum Gasteiger partial charge on any atom is -0.403 e. The molecule has 1 aliphatic heterocycles. The molecule has 1 atom stereocenters. The fourth-order valence-corrected chi connectivity index (χ4v) is 3.20. The van der Waals surface area contributed by atoms with Crippen LogP contribution in [0.3, 0.4) is 0 Å². The highest BCUT2D eigenvalue weighted by atomic mass is 79.9. The summed E-state index contributed by atoms with van der Waals surface area (Å²) in [5.41, 5.74) is -0.0881. The maximum Gasteiger partial charge on any atom is 0.573 e. The highest BCUT2D eigenvalue weighted by molar-refractivity contribution is 9.10. The number of rotatable bonds is 3. The second-order valence-corrected chi connectivity index (χ2v) is 6.14. The quantitative estimate of drug-likeness (QED) is 0.687. The zero-order valence-corrected chi connectivity index (χ0v) is 13.5. The normalized spacial score (nSPS) is 19.2. The summed E-state index contributed by atoms with van der Waals surface area (Å²) >= 11 is 14.7. The van der Waals surface area contributed by atoms with Crippen molar-refractivity contribution < 1.29 is 22.7 Å². The van der Waals surface area contributed by atoms with Crippen molar-refractivity contribution in [3.8, 4) is 5.75 Å². The van der Waals surface area contributed by atoms with E-state index in [2.05, 4.69) is 20.7 Å². The minimum absolute atomic E-state index is 0.00722. The molecule has 9 heteroatoms. The molecular weight excluding hydrogens is 398 g/mol. The van der Waals surface area contributed by atoms with Gasteiger partial charge < -0.3 is 9.64 Å². The zero-order valence-electron chi connectivity index (χ0n) is 10.4. The van der Waals surface area contributed by atoms with Crippen LogP contribution in [0.5, 0.6) is 5.75 Å². The molecule has 1 aromatic rings. The lowest BCUT2D eigenvalue weighted by Gasteiger charge is -2.22. The second kappa shape index (κ2) is 6.22. The van der Waals surface area contributed by atoms with Crippen molar-refractivity contribution in [2.45, 2.75) is 12.8 Å². The van der Waals surface area contributed by atoms with Crippen molar-refractivity contribution in [3.05, 3.63) is 21.6 Å². The molecule has 116 valence electrons. The Hall–Kier alpha value is -0.660. The van der Waals surface area contributed by atoms with Crippen LogP contribution >= 0.6 is 39.1 Å². The first-order valence-electron chi connectivity index (χ1n) is 5.82. The van der Waals surface area contributed by atoms with Gasteiger partial charge in [0.15, 0.2) is 5.75 Å². The predicted molar refractivity (Wildman–Crippen MR) is 77.0 cm³/mol. The molecule has 0 saturated carbocycles. The van der Waals surface area contributed by atoms with E-state index >= 15 is 0 Å². The molecule has 0 radical (unpaired) electrons. The molecule has 1 aliphatic rings. The average molecular weight is 407 g/mol. The number of nitrogens with zero attached hydrogens (tertiary/aromatic N) is 1. The van der Waals surface area contributed by atoms with Gasteiger partial charge in [-0.2, -0.15) is 0 Å². The van der Waals surface area contributed by atoms with E-state index in [1.807, 2.05) is 0 Å². The molecular formula is C12H9BrCl2F3NO2. The Bertz CT molecular complexity index is 568. The minimum atomic E-state index is -4.88. The fraction of sp³-hybridized carbons (Fsp3) is 0.417. The molecule has 2 rings (SSSR count). The highest BCUT2D eigenvalue weighted by Crippen LogP contribution is 2.43. The first-order chi connectivity index (χ1) is 9.71. The van der Waals surface area contributed by atoms with E-state index in [-0.39, 0.29) is 41.4 Å². The number of carbonyl (C=O) groups excluding carboxylic acids is 1. The van der Waals surface area contributed by atoms with Gasteiger partial charge in [-0.25, -0.2) is 0 Å². The zero-order chi connectivity index (χ0) is 15.8. The smallest absolute Gasteiger partial charge is 0.403 e. The highest BCUT2D eigenvalue weighted by Gasteiger charge is 2.37. The number of hydrogen-bond acceptors (Lipinski definition) is 2. The Labute approximate surface area is 137 Å². The number of carbonyl (C=O) groups is 1. The van der Waals surface area contributed by atoms with Crippen LogP contribution in [0.2, 0.25) is 5.02 Å². The number of amides is 1. The van der Waals surface area contributed by atoms with E-state index in [0.717, 1.165) is 6.07 Å². The Kier molecular flexibility index (Phi) is 4.95. The molecule has 1 heterocycles. The third-order valence-corrected chi connectivity index (χ3v) is 4.09. The summed E-state index contributed by atoms with van der Waals surface area (Å²) in [6.45, 7) is 0.206. The molecule has 21 heavy (non-hydrogen) atoms. The Morgan fingerprint density at radius 3 is 2.62 bits per heavy atom. The van der Waals surface area contributed by atoms with Gasteiger partial charge in [-0.1, -0.05) is 27.5 Å². The fourth-order valence-electron chi connectivity index (χ4n) is 2.11. The van der Waals surface area contributed by atoms with E-state index in [0.29, 0.717) is 4.47 Å². The Balaban J connectivity index is 2.44. The van der Waals surface area contributed by atoms with Crippen LogP contribution in [0.1, 0.15) is 6.42 Å². The lowest BCUT2D eigenvalue weighted by Crippen LogP contribution is -2.27. The van der Waals surface area contributed by atoms with Crippen molar-refractivity contribution in [2.75, 3.05) is 17.3 Å². The molecule has 1 aromatic carbocycles. The summed E-state index contributed by atoms with van der Waals surface area (Å²) in [6.07, 6.45) is -4.71. The lowest BCUT2D eigenvalue weighted by atomic mass is 10.1. The van der Waals surface area contributed by atoms with Gasteiger partial charge in [0, 0.05) is 23.3 Å². The first kappa shape index (κ1) is 16.7. The van der Waals surface area contributed by atoms with Crippen LogP contribution in [-0.2, 0) is 4.79 Å². The number of anilines is 1. The van der Waals surface area contributed by atoms with Gasteiger partial charge in [-0.3, -0.25) is 4.79 Å². The van der Waals surface area contributed by atoms with Crippen molar-refractivity contribution in [3.63, 3.8) is 0 Å². The van der Waals surface area contributed by atoms with Gasteiger partial charge >= 0.3 is 6.36 Å². The molecule has 0 aromatic heterocycles. The third kappa shape index (κ3) is 3.96. The average Bonchev–Trinajstić information content (AvgIpc) is 2.67. The van der Waals surface area contributed by atoms with Gasteiger partial charge in [0.1, 0.15) is 5.69 Å². The molecule has 1 fully saturated rings. The van der Waals surface area contributed by atoms with Gasteiger partial charge in [0.2, 0.25) is 5.91 Å². The van der Waals surface area contributed by atoms with Crippen LogP contribution < -0.4 is 9.64 Å². The summed E-state index contributed by atoms with van der Waals surface area (Å²) in [5, 5.41) is -0.00722. The summed E-state index contributed by atoms with van der Waals surface area (Å²) in [4.78, 5) is 13.1. The van der Waals surface area contributed by atoms with Crippen molar-refractivity contribution in [1.82, 2.24) is 0 Å². The molecule has 1 saturated heterocycles. The van der Waals surface area contributed by atoms with E-state index < -0.39 is 12.1 Å². The van der Waals surface area contributed by atoms with Crippen LogP contribution in [0, 0.1) is 5.92 Å². The van der Waals surface area contributed by atoms with E-state index in [1.165, 1.54) is 11.0 Å². The third-order valence-electron chi connectivity index (χ3n) is 2.91. The van der Waals surface area contributed by atoms with Gasteiger partial charge in [0.05, 0.1) is 5.02 Å². The van der Waals surface area contributed by atoms with Crippen LogP contribution in [-0.4, -0.2) is 24.7 Å². The number of hydrogen-bond donors (Lipinski definition) is 0. The maximum atomic E-state index is 12.5. The maximum absolute atomic E-state index is 12.5. The summed E-state index contributed by atoms with van der Waals surface area (Å²) < 4.78 is 41.8. The van der Waals surface area contributed by atoms with Crippen molar-refractivity contribution in [1.29, 1.82) is 0 Å². The standard InChI is InChI=1S/C12H9BrCl2F3NO2/c13-7-2-8(15)11(9(3-7)21-12(16,17)18)19-5-6(4-14)1-10(19)20/h2-3,6H,1,4-5H2. The van der Waals surface area contributed by atoms with E-state index in [4.69, 9.17) is 23.2 Å². The van der Waals surface area contributed by atoms with Crippen molar-refractivity contribution >= 4 is 50.7 Å². The van der Waals surface area contributed by atoms with Gasteiger partial charge in [-0.15, -0.1) is 24.8 Å². The van der Waals surface area contributed by atoms with Gasteiger partial charge in [-0.05, 0) is 18.1 Å². The van der Waals surface area contributed by atoms with Gasteiger partial charge in [0.25, 0.3) is 0 Å². The molecule has 1 amide bonds. The first-order valence-corrected chi connectivity index (χ1v) is 7.53. The Morgan fingerprint density at radius 1 is 1.43 bits per heavy atom. The lowest BCUT2D eigenvalue weighted by molar-refractivity contribution is -0.274. The van der Waals surface area contributed by atoms with E-state index in [1.54, 1.807) is 0 Å². The van der Waals surface area contributed by atoms with E-state index in [9.17, 15) is 18.0 Å². The second-order valence-electron chi connectivity index (χ2n) is 4.51. The SMILES string of the molecule is O=C1CC(CCl)CN1c1c(Cl)cc(Br)cc1OC(F)(F)F. The van der Waals surface area contributed by atoms with Crippen molar-refractivity contribution in [2.24, 2.45) is 5.92 Å². The number of alkyl halides is 4. The molecule has 0 bridgehead atoms. The largest absolute Gasteiger partial charge is 0.573 e. The van der Waals surface area contributed by atoms with Crippen LogP contribution in [0.15, 0.2) is 16.6 Å². The molecule has 0 spiro atoms. The molecule has 3 nitrogen and oxygen atoms in total.